The number of nitrogens with zero attached hydrogens (tertiary/aromatic N) is 6. The van der Waals surface area contributed by atoms with Crippen molar-refractivity contribution in [2.45, 2.75) is 0 Å². The largest absolute Gasteiger partial charge is 0.324 e. The molecule has 43 heavy (non-hydrogen) atoms. The first kappa shape index (κ1) is 27.5. The van der Waals surface area contributed by atoms with Crippen molar-refractivity contribution in [1.29, 1.82) is 0 Å². The molecule has 2 N–H and O–H groups in total. The predicted molar refractivity (Wildman–Crippen MR) is 171 cm³/mol. The number of fused-ring (bicyclic) bond motifs is 20. The fraction of sp³-hybridized carbons (Fsp3) is 0. The SMILES string of the molecule is Brc1cccc2c3nc4nc(nc5[nH]c(nc6nc(nc([nH]3)c12)-c1ccccc1-6)c1ccccc51)-c1ccccc1-4.Cl.[Zn]. The van der Waals surface area contributed by atoms with Gasteiger partial charge in [-0.1, -0.05) is 101 Å². The van der Waals surface area contributed by atoms with E-state index in [0.717, 1.165) is 48.3 Å². The maximum atomic E-state index is 5.05. The van der Waals surface area contributed by atoms with E-state index < -0.39 is 0 Å². The molecule has 0 radical (unpaired) electrons. The van der Waals surface area contributed by atoms with Crippen LogP contribution < -0.4 is 0 Å². The van der Waals surface area contributed by atoms with Gasteiger partial charge in [0.1, 0.15) is 22.6 Å². The predicted octanol–water partition coefficient (Wildman–Crippen LogP) is 8.05. The summed E-state index contributed by atoms with van der Waals surface area (Å²) in [6, 6.07) is 30.1. The number of nitrogens with one attached hydrogen (secondary N) is 2. The second-order valence-electron chi connectivity index (χ2n) is 9.91. The van der Waals surface area contributed by atoms with Gasteiger partial charge in [0, 0.05) is 67.7 Å². The topological polar surface area (TPSA) is 109 Å². The second-order valence-corrected chi connectivity index (χ2v) is 10.8. The Morgan fingerprint density at radius 3 is 1.28 bits per heavy atom. The zero-order valence-electron chi connectivity index (χ0n) is 22.3. The van der Waals surface area contributed by atoms with E-state index in [4.69, 9.17) is 29.9 Å². The summed E-state index contributed by atoms with van der Waals surface area (Å²) < 4.78 is 0.909. The molecule has 2 aliphatic rings. The van der Waals surface area contributed by atoms with Crippen molar-refractivity contribution in [2.75, 3.05) is 0 Å². The van der Waals surface area contributed by atoms with Crippen LogP contribution in [-0.4, -0.2) is 39.9 Å². The van der Waals surface area contributed by atoms with Crippen LogP contribution in [0.2, 0.25) is 0 Å². The Labute approximate surface area is 271 Å². The molecule has 0 aliphatic carbocycles. The Balaban J connectivity index is 0.00000150. The van der Waals surface area contributed by atoms with Gasteiger partial charge in [0.15, 0.2) is 23.3 Å². The van der Waals surface area contributed by atoms with E-state index in [1.165, 1.54) is 0 Å². The molecule has 3 aromatic heterocycles. The van der Waals surface area contributed by atoms with Crippen molar-refractivity contribution in [1.82, 2.24) is 39.9 Å². The Hall–Kier alpha value is -4.37. The van der Waals surface area contributed by atoms with Crippen LogP contribution in [0, 0.1) is 0 Å². The molecule has 0 saturated carbocycles. The van der Waals surface area contributed by atoms with Crippen molar-refractivity contribution in [3.05, 3.63) is 95.5 Å². The van der Waals surface area contributed by atoms with Crippen LogP contribution in [0.1, 0.15) is 0 Å². The van der Waals surface area contributed by atoms with Crippen molar-refractivity contribution in [3.8, 4) is 45.6 Å². The van der Waals surface area contributed by atoms with Crippen LogP contribution in [0.15, 0.2) is 95.5 Å². The van der Waals surface area contributed by atoms with Gasteiger partial charge >= 0.3 is 0 Å². The van der Waals surface area contributed by atoms with Crippen LogP contribution in [0.3, 0.4) is 0 Å². The monoisotopic (exact) mass is 692 g/mol. The second kappa shape index (κ2) is 10.4. The van der Waals surface area contributed by atoms with E-state index in [1.807, 2.05) is 91.0 Å². The van der Waals surface area contributed by atoms with Crippen molar-refractivity contribution in [3.63, 3.8) is 0 Å². The summed E-state index contributed by atoms with van der Waals surface area (Å²) in [7, 11) is 0. The van der Waals surface area contributed by atoms with Crippen molar-refractivity contribution >= 4 is 72.5 Å². The number of aromatic amines is 2. The average Bonchev–Trinajstić information content (AvgIpc) is 3.73. The molecule has 0 spiro atoms. The van der Waals surface area contributed by atoms with Gasteiger partial charge in [-0.05, 0) is 6.07 Å². The third kappa shape index (κ3) is 4.20. The van der Waals surface area contributed by atoms with Gasteiger partial charge in [-0.15, -0.1) is 12.4 Å². The van der Waals surface area contributed by atoms with Gasteiger partial charge in [-0.25, -0.2) is 29.9 Å². The first-order valence-corrected chi connectivity index (χ1v) is 13.9. The van der Waals surface area contributed by atoms with Gasteiger partial charge in [-0.3, -0.25) is 0 Å². The normalized spacial score (nSPS) is 11.5. The molecule has 2 aliphatic heterocycles. The van der Waals surface area contributed by atoms with E-state index in [1.54, 1.807) is 0 Å². The van der Waals surface area contributed by atoms with E-state index in [0.29, 0.717) is 45.9 Å². The smallest absolute Gasteiger partial charge is 0.164 e. The van der Waals surface area contributed by atoms with E-state index in [2.05, 4.69) is 25.9 Å². The fourth-order valence-corrected chi connectivity index (χ4v) is 6.20. The molecule has 0 atom stereocenters. The van der Waals surface area contributed by atoms with E-state index in [9.17, 15) is 0 Å². The van der Waals surface area contributed by atoms with Gasteiger partial charge in [0.2, 0.25) is 0 Å². The molecule has 9 rings (SSSR count). The number of benzene rings is 4. The molecule has 0 unspecified atom stereocenters. The van der Waals surface area contributed by atoms with Crippen molar-refractivity contribution in [2.24, 2.45) is 0 Å². The summed E-state index contributed by atoms with van der Waals surface area (Å²) in [6.45, 7) is 0. The Bertz CT molecular complexity index is 2410. The number of aromatic nitrogens is 8. The molecule has 8 bridgehead atoms. The van der Waals surface area contributed by atoms with Gasteiger partial charge < -0.3 is 9.97 Å². The maximum Gasteiger partial charge on any atom is 0.164 e. The summed E-state index contributed by atoms with van der Waals surface area (Å²) >= 11 is 3.73. The van der Waals surface area contributed by atoms with Crippen LogP contribution in [-0.2, 0) is 19.5 Å². The minimum absolute atomic E-state index is 0. The quantitative estimate of drug-likeness (QED) is 0.156. The summed E-state index contributed by atoms with van der Waals surface area (Å²) in [6.07, 6.45) is 0. The first-order chi connectivity index (χ1) is 20.2. The van der Waals surface area contributed by atoms with E-state index >= 15 is 0 Å². The average molecular weight is 695 g/mol. The van der Waals surface area contributed by atoms with Crippen LogP contribution >= 0.6 is 28.3 Å². The molecule has 7 aromatic rings. The number of rotatable bonds is 0. The minimum atomic E-state index is 0. The number of hydrogen-bond acceptors (Lipinski definition) is 6. The molecule has 202 valence electrons. The molecule has 0 amide bonds. The molecule has 4 aromatic carbocycles. The molecule has 11 heteroatoms. The minimum Gasteiger partial charge on any atom is -0.324 e. The Morgan fingerprint density at radius 2 is 0.791 bits per heavy atom. The summed E-state index contributed by atoms with van der Waals surface area (Å²) in [4.78, 5) is 36.9. The van der Waals surface area contributed by atoms with Gasteiger partial charge in [0.05, 0.1) is 0 Å². The summed E-state index contributed by atoms with van der Waals surface area (Å²) in [5.74, 6) is 2.34. The van der Waals surface area contributed by atoms with Crippen molar-refractivity contribution < 1.29 is 19.5 Å². The molecule has 5 heterocycles. The zero-order valence-corrected chi connectivity index (χ0v) is 27.7. The molecule has 0 fully saturated rings. The van der Waals surface area contributed by atoms with Crippen LogP contribution in [0.4, 0.5) is 0 Å². The van der Waals surface area contributed by atoms with Crippen LogP contribution in [0.25, 0.3) is 89.7 Å². The number of halogens is 2. The summed E-state index contributed by atoms with van der Waals surface area (Å²) in [5, 5.41) is 3.74. The molecule has 8 nitrogen and oxygen atoms in total. The number of hydrogen-bond donors (Lipinski definition) is 2. The van der Waals surface area contributed by atoms with Crippen LogP contribution in [0.5, 0.6) is 0 Å². The third-order valence-electron chi connectivity index (χ3n) is 7.53. The van der Waals surface area contributed by atoms with Gasteiger partial charge in [-0.2, -0.15) is 0 Å². The van der Waals surface area contributed by atoms with Gasteiger partial charge in [0.25, 0.3) is 0 Å². The Kier molecular flexibility index (Phi) is 6.65. The van der Waals surface area contributed by atoms with E-state index in [-0.39, 0.29) is 31.9 Å². The third-order valence-corrected chi connectivity index (χ3v) is 8.19. The molecular formula is C32H18BrClN8Zn. The number of H-pyrrole nitrogens is 2. The fourth-order valence-electron chi connectivity index (χ4n) is 5.65. The zero-order chi connectivity index (χ0) is 27.1. The Morgan fingerprint density at radius 1 is 0.419 bits per heavy atom. The molecule has 0 saturated heterocycles. The summed E-state index contributed by atoms with van der Waals surface area (Å²) in [5.41, 5.74) is 6.34. The first-order valence-electron chi connectivity index (χ1n) is 13.1. The molecular weight excluding hydrogens is 677 g/mol. The standard InChI is InChI=1S/C32H17BrN8.ClH.Zn/c33-23-15-7-14-22-24(23)32-40-30-21-13-6-5-12-20(21)28(38-30)36-26-17-9-2-1-8-16(17)25(34-26)35-27-18-10-3-4-11-19(18)29(37-27)39-31(22)41-32;;/h1-15H,(H2,34,35,36,37,38,39,40,41);1H;. The maximum absolute atomic E-state index is 5.05.